The van der Waals surface area contributed by atoms with Crippen LogP contribution in [0.3, 0.4) is 0 Å². The number of hydrogen-bond donors (Lipinski definition) is 1. The van der Waals surface area contributed by atoms with E-state index >= 15 is 0 Å². The van der Waals surface area contributed by atoms with Gasteiger partial charge in [-0.3, -0.25) is 9.48 Å². The summed E-state index contributed by atoms with van der Waals surface area (Å²) in [6.07, 6.45) is 2.59. The Balaban J connectivity index is 1.17. The van der Waals surface area contributed by atoms with Crippen molar-refractivity contribution < 1.29 is 31.5 Å². The second kappa shape index (κ2) is 15.0. The van der Waals surface area contributed by atoms with Gasteiger partial charge in [-0.25, -0.2) is 8.42 Å². The maximum absolute atomic E-state index is 14.1. The Morgan fingerprint density at radius 1 is 0.958 bits per heavy atom. The highest BCUT2D eigenvalue weighted by Gasteiger charge is 2.35. The van der Waals surface area contributed by atoms with Gasteiger partial charge in [-0.05, 0) is 57.2 Å². The number of halogens is 3. The molecule has 0 radical (unpaired) electrons. The number of benzene rings is 1. The SMILES string of the molecule is CS(=O)(=O)N1CCc2c(c(-c3ccc(C(F)(F)F)c(SCCN4CCC(O)CC4)c3)nn2CCCN2CCC(N3CCCC3=O)CC2)C1. The Bertz CT molecular complexity index is 1550. The van der Waals surface area contributed by atoms with Crippen molar-refractivity contribution in [2.45, 2.75) is 87.7 Å². The molecule has 1 N–H and O–H groups in total. The molecule has 2 aromatic rings. The van der Waals surface area contributed by atoms with Crippen LogP contribution in [0.25, 0.3) is 11.3 Å². The van der Waals surface area contributed by atoms with Crippen LogP contribution in [0.2, 0.25) is 0 Å². The van der Waals surface area contributed by atoms with Crippen LogP contribution >= 0.6 is 11.8 Å². The molecule has 0 unspecified atom stereocenters. The van der Waals surface area contributed by atoms with Crippen LogP contribution in [0.1, 0.15) is 61.8 Å². The smallest absolute Gasteiger partial charge is 0.393 e. The Kier molecular flexibility index (Phi) is 11.1. The molecule has 6 rings (SSSR count). The topological polar surface area (TPSA) is 102 Å². The van der Waals surface area contributed by atoms with Crippen LogP contribution in [0.4, 0.5) is 13.2 Å². The van der Waals surface area contributed by atoms with Gasteiger partial charge in [0, 0.05) is 105 Å². The van der Waals surface area contributed by atoms with Crippen molar-refractivity contribution in [1.29, 1.82) is 0 Å². The fourth-order valence-electron chi connectivity index (χ4n) is 7.57. The van der Waals surface area contributed by atoms with Crippen molar-refractivity contribution in [2.24, 2.45) is 0 Å². The number of rotatable bonds is 11. The first-order valence-electron chi connectivity index (χ1n) is 17.2. The van der Waals surface area contributed by atoms with Gasteiger partial charge >= 0.3 is 6.18 Å². The molecule has 0 spiro atoms. The molecule has 0 atom stereocenters. The number of amides is 1. The minimum atomic E-state index is -4.51. The Labute approximate surface area is 285 Å². The van der Waals surface area contributed by atoms with Crippen LogP contribution in [0, 0.1) is 0 Å². The van der Waals surface area contributed by atoms with E-state index in [0.29, 0.717) is 68.4 Å². The van der Waals surface area contributed by atoms with E-state index in [1.165, 1.54) is 28.4 Å². The van der Waals surface area contributed by atoms with Crippen LogP contribution in [-0.4, -0.2) is 125 Å². The molecule has 0 aliphatic carbocycles. The van der Waals surface area contributed by atoms with Gasteiger partial charge in [0.15, 0.2) is 0 Å². The van der Waals surface area contributed by atoms with Crippen LogP contribution < -0.4 is 0 Å². The molecular formula is C33H47F3N6O4S2. The number of nitrogens with zero attached hydrogens (tertiary/aromatic N) is 6. The van der Waals surface area contributed by atoms with Crippen LogP contribution in [0.15, 0.2) is 23.1 Å². The normalized spacial score (nSPS) is 21.4. The zero-order chi connectivity index (χ0) is 34.1. The predicted octanol–water partition coefficient (Wildman–Crippen LogP) is 3.91. The first kappa shape index (κ1) is 35.6. The molecule has 10 nitrogen and oxygen atoms in total. The number of alkyl halides is 3. The van der Waals surface area contributed by atoms with Crippen molar-refractivity contribution in [3.05, 3.63) is 35.0 Å². The van der Waals surface area contributed by atoms with Gasteiger partial charge in [0.25, 0.3) is 0 Å². The van der Waals surface area contributed by atoms with E-state index in [0.717, 1.165) is 82.3 Å². The van der Waals surface area contributed by atoms with Gasteiger partial charge in [-0.2, -0.15) is 22.6 Å². The summed E-state index contributed by atoms with van der Waals surface area (Å²) >= 11 is 1.17. The first-order chi connectivity index (χ1) is 22.9. The minimum absolute atomic E-state index is 0.134. The second-order valence-corrected chi connectivity index (χ2v) is 16.7. The van der Waals surface area contributed by atoms with Crippen molar-refractivity contribution in [3.63, 3.8) is 0 Å². The molecule has 1 aromatic carbocycles. The summed E-state index contributed by atoms with van der Waals surface area (Å²) in [6.45, 7) is 6.79. The monoisotopic (exact) mass is 712 g/mol. The van der Waals surface area contributed by atoms with E-state index in [4.69, 9.17) is 5.10 Å². The lowest BCUT2D eigenvalue weighted by molar-refractivity contribution is -0.139. The number of carbonyl (C=O) groups is 1. The zero-order valence-electron chi connectivity index (χ0n) is 27.6. The third kappa shape index (κ3) is 8.40. The number of fused-ring (bicyclic) bond motifs is 1. The number of thioether (sulfide) groups is 1. The third-order valence-corrected chi connectivity index (χ3v) is 12.6. The summed E-state index contributed by atoms with van der Waals surface area (Å²) in [7, 11) is -3.47. The summed E-state index contributed by atoms with van der Waals surface area (Å²) < 4.78 is 70.7. The maximum atomic E-state index is 14.1. The number of aryl methyl sites for hydroxylation is 1. The molecule has 0 saturated carbocycles. The summed E-state index contributed by atoms with van der Waals surface area (Å²) in [5, 5.41) is 14.7. The predicted molar refractivity (Wildman–Crippen MR) is 179 cm³/mol. The van der Waals surface area contributed by atoms with E-state index in [9.17, 15) is 31.5 Å². The molecule has 0 bridgehead atoms. The van der Waals surface area contributed by atoms with Crippen LogP contribution in [0.5, 0.6) is 0 Å². The number of likely N-dealkylation sites (tertiary alicyclic amines) is 3. The molecule has 5 heterocycles. The largest absolute Gasteiger partial charge is 0.417 e. The highest BCUT2D eigenvalue weighted by atomic mass is 32.2. The summed E-state index contributed by atoms with van der Waals surface area (Å²) in [6, 6.07) is 4.48. The van der Waals surface area contributed by atoms with Crippen molar-refractivity contribution >= 4 is 27.7 Å². The fourth-order valence-corrected chi connectivity index (χ4v) is 9.48. The first-order valence-corrected chi connectivity index (χ1v) is 20.0. The maximum Gasteiger partial charge on any atom is 0.417 e. The fraction of sp³-hybridized carbons (Fsp3) is 0.697. The number of piperidine rings is 2. The average Bonchev–Trinajstić information content (AvgIpc) is 3.64. The number of hydrogen-bond acceptors (Lipinski definition) is 8. The van der Waals surface area contributed by atoms with Crippen molar-refractivity contribution in [1.82, 2.24) is 28.8 Å². The van der Waals surface area contributed by atoms with E-state index in [1.807, 2.05) is 4.68 Å². The van der Waals surface area contributed by atoms with Gasteiger partial charge in [0.1, 0.15) is 0 Å². The lowest BCUT2D eigenvalue weighted by Crippen LogP contribution is -2.45. The number of aliphatic hydroxyl groups excluding tert-OH is 1. The molecule has 15 heteroatoms. The van der Waals surface area contributed by atoms with E-state index in [2.05, 4.69) is 14.7 Å². The average molecular weight is 713 g/mol. The van der Waals surface area contributed by atoms with Gasteiger partial charge in [0.05, 0.1) is 23.6 Å². The lowest BCUT2D eigenvalue weighted by Gasteiger charge is -2.36. The van der Waals surface area contributed by atoms with E-state index in [-0.39, 0.29) is 23.5 Å². The van der Waals surface area contributed by atoms with Crippen molar-refractivity contribution in [3.8, 4) is 11.3 Å². The quantitative estimate of drug-likeness (QED) is 0.351. The summed E-state index contributed by atoms with van der Waals surface area (Å²) in [5.74, 6) is 0.752. The van der Waals surface area contributed by atoms with Gasteiger partial charge in [0.2, 0.25) is 15.9 Å². The second-order valence-electron chi connectivity index (χ2n) is 13.6. The zero-order valence-corrected chi connectivity index (χ0v) is 29.3. The molecular weight excluding hydrogens is 666 g/mol. The molecule has 1 amide bonds. The van der Waals surface area contributed by atoms with Gasteiger partial charge in [-0.1, -0.05) is 6.07 Å². The standard InChI is InChI=1S/C33H47F3N6O4S2/c1-48(45,46)40-19-11-29-27(23-40)32(37-42(29)14-3-12-38-15-7-25(8-16-38)41-13-2-4-31(41)44)24-5-6-28(33(34,35)36)30(22-24)47-21-20-39-17-9-26(43)10-18-39/h5-6,22,25-26,43H,2-4,7-21,23H2,1H3. The molecule has 266 valence electrons. The summed E-state index contributed by atoms with van der Waals surface area (Å²) in [5.41, 5.74) is 2.10. The Hall–Kier alpha value is -2.17. The molecule has 4 aliphatic heterocycles. The minimum Gasteiger partial charge on any atom is -0.393 e. The molecule has 1 aromatic heterocycles. The molecule has 4 aliphatic rings. The van der Waals surface area contributed by atoms with Gasteiger partial charge in [-0.15, -0.1) is 11.8 Å². The lowest BCUT2D eigenvalue weighted by atomic mass is 10.0. The van der Waals surface area contributed by atoms with Crippen molar-refractivity contribution in [2.75, 3.05) is 64.4 Å². The Morgan fingerprint density at radius 2 is 1.67 bits per heavy atom. The highest BCUT2D eigenvalue weighted by Crippen LogP contribution is 2.40. The van der Waals surface area contributed by atoms with E-state index in [1.54, 1.807) is 6.07 Å². The van der Waals surface area contributed by atoms with Gasteiger partial charge < -0.3 is 19.8 Å². The number of sulfonamides is 1. The number of carbonyl (C=O) groups excluding carboxylic acids is 1. The van der Waals surface area contributed by atoms with Crippen LogP contribution in [-0.2, 0) is 40.5 Å². The number of aliphatic hydroxyl groups is 1. The highest BCUT2D eigenvalue weighted by molar-refractivity contribution is 7.99. The van der Waals surface area contributed by atoms with E-state index < -0.39 is 21.8 Å². The summed E-state index contributed by atoms with van der Waals surface area (Å²) in [4.78, 5) is 19.0. The third-order valence-electron chi connectivity index (χ3n) is 10.3. The Morgan fingerprint density at radius 3 is 2.33 bits per heavy atom. The molecule has 48 heavy (non-hydrogen) atoms. The number of aromatic nitrogens is 2. The molecule has 3 saturated heterocycles. The molecule has 3 fully saturated rings.